The van der Waals surface area contributed by atoms with Gasteiger partial charge in [0, 0.05) is 0 Å². The van der Waals surface area contributed by atoms with Gasteiger partial charge in [-0.15, -0.1) is 0 Å². The molecule has 132 valence electrons. The summed E-state index contributed by atoms with van der Waals surface area (Å²) in [5.74, 6) is -2.65. The number of carbonyl (C=O) groups is 4. The van der Waals surface area contributed by atoms with E-state index in [4.69, 9.17) is 16.3 Å². The number of halogens is 1. The maximum atomic E-state index is 12.7. The van der Waals surface area contributed by atoms with Gasteiger partial charge in [-0.2, -0.15) is 0 Å². The van der Waals surface area contributed by atoms with Crippen molar-refractivity contribution in [2.75, 3.05) is 18.6 Å². The summed E-state index contributed by atoms with van der Waals surface area (Å²) < 4.78 is 9.17. The van der Waals surface area contributed by atoms with Crippen LogP contribution in [0.3, 0.4) is 0 Å². The van der Waals surface area contributed by atoms with Gasteiger partial charge >= 0.3 is 11.9 Å². The lowest BCUT2D eigenvalue weighted by molar-refractivity contribution is -0.144. The molecular weight excluding hydrogens is 362 g/mol. The highest BCUT2D eigenvalue weighted by atomic mass is 35.5. The van der Waals surface area contributed by atoms with E-state index in [1.807, 2.05) is 0 Å². The van der Waals surface area contributed by atoms with E-state index in [1.165, 1.54) is 25.3 Å². The predicted molar refractivity (Wildman–Crippen MR) is 91.3 cm³/mol. The highest BCUT2D eigenvalue weighted by Gasteiger charge is 2.38. The quantitative estimate of drug-likeness (QED) is 0.604. The molecule has 0 atom stereocenters. The van der Waals surface area contributed by atoms with E-state index in [0.29, 0.717) is 0 Å². The summed E-state index contributed by atoms with van der Waals surface area (Å²) in [5.41, 5.74) is 0.506. The van der Waals surface area contributed by atoms with Crippen LogP contribution in [0.2, 0.25) is 5.02 Å². The zero-order valence-electron chi connectivity index (χ0n) is 13.5. The van der Waals surface area contributed by atoms with Crippen LogP contribution in [0, 0.1) is 0 Å². The summed E-state index contributed by atoms with van der Waals surface area (Å²) in [4.78, 5) is 49.2. The van der Waals surface area contributed by atoms with Crippen LogP contribution < -0.4 is 4.90 Å². The monoisotopic (exact) mass is 373 g/mol. The van der Waals surface area contributed by atoms with E-state index < -0.39 is 30.4 Å². The Morgan fingerprint density at radius 1 is 1.04 bits per heavy atom. The minimum absolute atomic E-state index is 0.0369. The van der Waals surface area contributed by atoms with Crippen LogP contribution in [0.1, 0.15) is 31.1 Å². The smallest absolute Gasteiger partial charge is 0.344 e. The molecule has 0 bridgehead atoms. The second kappa shape index (κ2) is 6.97. The molecule has 0 unspecified atom stereocenters. The molecule has 0 aromatic heterocycles. The largest absolute Gasteiger partial charge is 0.466 e. The van der Waals surface area contributed by atoms with Crippen molar-refractivity contribution in [1.29, 1.82) is 0 Å². The van der Waals surface area contributed by atoms with Crippen LogP contribution in [0.25, 0.3) is 0 Å². The van der Waals surface area contributed by atoms with Gasteiger partial charge in [-0.1, -0.05) is 23.7 Å². The van der Waals surface area contributed by atoms with E-state index in [0.717, 1.165) is 4.90 Å². The highest BCUT2D eigenvalue weighted by Crippen LogP contribution is 2.33. The Labute approximate surface area is 153 Å². The summed E-state index contributed by atoms with van der Waals surface area (Å²) >= 11 is 6.08. The first-order valence-corrected chi connectivity index (χ1v) is 7.83. The summed E-state index contributed by atoms with van der Waals surface area (Å²) in [6, 6.07) is 10.4. The lowest BCUT2D eigenvalue weighted by Gasteiger charge is -2.15. The Bertz CT molecular complexity index is 939. The first kappa shape index (κ1) is 17.6. The maximum absolute atomic E-state index is 12.7. The molecule has 0 N–H and O–H groups in total. The highest BCUT2D eigenvalue weighted by molar-refractivity contribution is 6.39. The molecule has 2 amide bonds. The van der Waals surface area contributed by atoms with Crippen molar-refractivity contribution in [2.24, 2.45) is 0 Å². The molecule has 26 heavy (non-hydrogen) atoms. The third kappa shape index (κ3) is 3.04. The van der Waals surface area contributed by atoms with Gasteiger partial charge in [0.15, 0.2) is 6.61 Å². The summed E-state index contributed by atoms with van der Waals surface area (Å²) in [5, 5.41) is 0.250. The van der Waals surface area contributed by atoms with Gasteiger partial charge in [0.05, 0.1) is 34.5 Å². The average Bonchev–Trinajstić information content (AvgIpc) is 2.90. The molecule has 7 nitrogen and oxygen atoms in total. The van der Waals surface area contributed by atoms with Crippen molar-refractivity contribution in [3.63, 3.8) is 0 Å². The summed E-state index contributed by atoms with van der Waals surface area (Å²) in [7, 11) is 1.17. The number of para-hydroxylation sites is 1. The molecule has 0 fully saturated rings. The molecule has 0 aliphatic carbocycles. The van der Waals surface area contributed by atoms with Gasteiger partial charge in [0.25, 0.3) is 11.8 Å². The molecule has 2 aromatic carbocycles. The minimum atomic E-state index is -0.811. The van der Waals surface area contributed by atoms with E-state index in [1.54, 1.807) is 24.3 Å². The van der Waals surface area contributed by atoms with Gasteiger partial charge in [-0.05, 0) is 30.3 Å². The maximum Gasteiger partial charge on any atom is 0.344 e. The van der Waals surface area contributed by atoms with Gasteiger partial charge < -0.3 is 9.47 Å². The zero-order chi connectivity index (χ0) is 18.8. The van der Waals surface area contributed by atoms with Crippen molar-refractivity contribution in [3.8, 4) is 0 Å². The number of carbonyl (C=O) groups excluding carboxylic acids is 4. The fraction of sp³-hybridized carbons (Fsp3) is 0.111. The molecule has 8 heteroatoms. The van der Waals surface area contributed by atoms with E-state index >= 15 is 0 Å². The van der Waals surface area contributed by atoms with Gasteiger partial charge in [-0.25, -0.2) is 14.5 Å². The van der Waals surface area contributed by atoms with Crippen LogP contribution >= 0.6 is 11.6 Å². The van der Waals surface area contributed by atoms with Crippen LogP contribution in [0.15, 0.2) is 42.5 Å². The third-order valence-electron chi connectivity index (χ3n) is 3.76. The number of imide groups is 1. The van der Waals surface area contributed by atoms with E-state index in [9.17, 15) is 19.2 Å². The van der Waals surface area contributed by atoms with Crippen LogP contribution in [-0.4, -0.2) is 37.5 Å². The number of hydrogen-bond acceptors (Lipinski definition) is 6. The van der Waals surface area contributed by atoms with E-state index in [2.05, 4.69) is 4.74 Å². The lowest BCUT2D eigenvalue weighted by atomic mass is 10.1. The van der Waals surface area contributed by atoms with Crippen LogP contribution in [-0.2, 0) is 14.3 Å². The first-order chi connectivity index (χ1) is 12.4. The number of nitrogens with zero attached hydrogens (tertiary/aromatic N) is 1. The van der Waals surface area contributed by atoms with Crippen molar-refractivity contribution in [1.82, 2.24) is 0 Å². The second-order valence-corrected chi connectivity index (χ2v) is 5.72. The predicted octanol–water partition coefficient (Wildman–Crippen LogP) is 2.47. The van der Waals surface area contributed by atoms with Crippen LogP contribution in [0.5, 0.6) is 0 Å². The zero-order valence-corrected chi connectivity index (χ0v) is 14.3. The molecule has 1 heterocycles. The van der Waals surface area contributed by atoms with Gasteiger partial charge in [-0.3, -0.25) is 9.59 Å². The topological polar surface area (TPSA) is 90.0 Å². The summed E-state index contributed by atoms with van der Waals surface area (Å²) in [6.07, 6.45) is 0. The molecule has 0 spiro atoms. The van der Waals surface area contributed by atoms with Crippen molar-refractivity contribution < 1.29 is 28.7 Å². The standard InChI is InChI=1S/C18H12ClNO6/c1-25-15(21)9-26-18(24)10-6-7-11-12(8-10)17(23)20(16(11)22)14-5-3-2-4-13(14)19/h2-8H,9H2,1H3. The van der Waals surface area contributed by atoms with Gasteiger partial charge in [0.1, 0.15) is 0 Å². The van der Waals surface area contributed by atoms with Crippen LogP contribution in [0.4, 0.5) is 5.69 Å². The Hall–Kier alpha value is -3.19. The molecule has 0 saturated heterocycles. The van der Waals surface area contributed by atoms with Crippen molar-refractivity contribution in [2.45, 2.75) is 0 Å². The Morgan fingerprint density at radius 2 is 1.73 bits per heavy atom. The number of ether oxygens (including phenoxy) is 2. The Morgan fingerprint density at radius 3 is 2.42 bits per heavy atom. The molecule has 1 aliphatic heterocycles. The molecule has 0 radical (unpaired) electrons. The molecule has 3 rings (SSSR count). The first-order valence-electron chi connectivity index (χ1n) is 7.45. The minimum Gasteiger partial charge on any atom is -0.466 e. The second-order valence-electron chi connectivity index (χ2n) is 5.31. The van der Waals surface area contributed by atoms with Crippen molar-refractivity contribution >= 4 is 41.0 Å². The van der Waals surface area contributed by atoms with Gasteiger partial charge in [0.2, 0.25) is 0 Å². The molecule has 1 aliphatic rings. The summed E-state index contributed by atoms with van der Waals surface area (Å²) in [6.45, 7) is -0.551. The number of benzene rings is 2. The third-order valence-corrected chi connectivity index (χ3v) is 4.08. The fourth-order valence-corrected chi connectivity index (χ4v) is 2.71. The average molecular weight is 374 g/mol. The Kier molecular flexibility index (Phi) is 4.73. The number of hydrogen-bond donors (Lipinski definition) is 0. The number of anilines is 1. The molecular formula is C18H12ClNO6. The van der Waals surface area contributed by atoms with E-state index in [-0.39, 0.29) is 27.4 Å². The fourth-order valence-electron chi connectivity index (χ4n) is 2.49. The van der Waals surface area contributed by atoms with Crippen molar-refractivity contribution in [3.05, 3.63) is 64.2 Å². The number of methoxy groups -OCH3 is 1. The number of esters is 2. The normalized spacial score (nSPS) is 12.8. The SMILES string of the molecule is COC(=O)COC(=O)c1ccc2c(c1)C(=O)N(c1ccccc1Cl)C2=O. The number of rotatable bonds is 4. The molecule has 2 aromatic rings. The Balaban J connectivity index is 1.90. The lowest BCUT2D eigenvalue weighted by Crippen LogP contribution is -2.29. The number of amides is 2. The number of fused-ring (bicyclic) bond motifs is 1. The molecule has 0 saturated carbocycles.